The molecular formula is C17H25NO2. The number of likely N-dealkylation sites (tertiary alicyclic amines) is 1. The number of Topliss-reactive ketones (excluding diaryl/α,β-unsaturated/α-hetero) is 1. The molecule has 0 N–H and O–H groups in total. The molecular weight excluding hydrogens is 250 g/mol. The van der Waals surface area contributed by atoms with Crippen molar-refractivity contribution < 1.29 is 9.53 Å². The first-order valence-electron chi connectivity index (χ1n) is 7.63. The van der Waals surface area contributed by atoms with Crippen LogP contribution >= 0.6 is 0 Å². The molecule has 1 unspecified atom stereocenters. The standard InChI is InChI=1S/C17H25NO2/c1-3-20-16-5-4-11-18(13-16)12-10-17(19)15-8-6-14(2)7-9-15/h6-9,16H,3-5,10-13H2,1-2H3. The summed E-state index contributed by atoms with van der Waals surface area (Å²) in [5.41, 5.74) is 2.02. The van der Waals surface area contributed by atoms with Crippen LogP contribution in [0.3, 0.4) is 0 Å². The van der Waals surface area contributed by atoms with Crippen LogP contribution in [0.2, 0.25) is 0 Å². The molecule has 0 spiro atoms. The second-order valence-electron chi connectivity index (χ2n) is 5.56. The zero-order valence-corrected chi connectivity index (χ0v) is 12.6. The number of ketones is 1. The molecule has 1 heterocycles. The predicted octanol–water partition coefficient (Wildman–Crippen LogP) is 3.07. The number of rotatable bonds is 6. The molecule has 1 atom stereocenters. The summed E-state index contributed by atoms with van der Waals surface area (Å²) >= 11 is 0. The molecule has 3 nitrogen and oxygen atoms in total. The first-order chi connectivity index (χ1) is 9.69. The molecule has 0 radical (unpaired) electrons. The number of benzene rings is 1. The van der Waals surface area contributed by atoms with Gasteiger partial charge in [-0.05, 0) is 33.2 Å². The topological polar surface area (TPSA) is 29.5 Å². The van der Waals surface area contributed by atoms with Gasteiger partial charge >= 0.3 is 0 Å². The number of carbonyl (C=O) groups excluding carboxylic acids is 1. The van der Waals surface area contributed by atoms with E-state index < -0.39 is 0 Å². The molecule has 110 valence electrons. The van der Waals surface area contributed by atoms with Crippen molar-refractivity contribution in [2.24, 2.45) is 0 Å². The van der Waals surface area contributed by atoms with Gasteiger partial charge in [-0.1, -0.05) is 29.8 Å². The van der Waals surface area contributed by atoms with Crippen molar-refractivity contribution in [2.45, 2.75) is 39.2 Å². The van der Waals surface area contributed by atoms with E-state index >= 15 is 0 Å². The molecule has 2 rings (SSSR count). The molecule has 1 aromatic rings. The van der Waals surface area contributed by atoms with Crippen LogP contribution in [-0.2, 0) is 4.74 Å². The van der Waals surface area contributed by atoms with Crippen molar-refractivity contribution >= 4 is 5.78 Å². The van der Waals surface area contributed by atoms with E-state index in [1.54, 1.807) is 0 Å². The second-order valence-corrected chi connectivity index (χ2v) is 5.56. The quantitative estimate of drug-likeness (QED) is 0.747. The van der Waals surface area contributed by atoms with Gasteiger partial charge in [0.15, 0.2) is 5.78 Å². The van der Waals surface area contributed by atoms with E-state index in [2.05, 4.69) is 4.90 Å². The third kappa shape index (κ3) is 4.43. The van der Waals surface area contributed by atoms with Crippen LogP contribution in [0.25, 0.3) is 0 Å². The Labute approximate surface area is 121 Å². The van der Waals surface area contributed by atoms with Gasteiger partial charge in [-0.15, -0.1) is 0 Å². The smallest absolute Gasteiger partial charge is 0.164 e. The molecule has 0 amide bonds. The van der Waals surface area contributed by atoms with Crippen LogP contribution in [0.15, 0.2) is 24.3 Å². The van der Waals surface area contributed by atoms with Crippen molar-refractivity contribution in [3.05, 3.63) is 35.4 Å². The highest BCUT2D eigenvalue weighted by atomic mass is 16.5. The minimum absolute atomic E-state index is 0.239. The van der Waals surface area contributed by atoms with Crippen molar-refractivity contribution in [3.8, 4) is 0 Å². The number of aryl methyl sites for hydroxylation is 1. The van der Waals surface area contributed by atoms with Crippen LogP contribution in [0.5, 0.6) is 0 Å². The molecule has 1 fully saturated rings. The molecule has 1 aliphatic heterocycles. The van der Waals surface area contributed by atoms with Gasteiger partial charge in [0.25, 0.3) is 0 Å². The molecule has 0 saturated carbocycles. The Balaban J connectivity index is 1.79. The summed E-state index contributed by atoms with van der Waals surface area (Å²) in [6.45, 7) is 7.76. The van der Waals surface area contributed by atoms with Gasteiger partial charge in [0.1, 0.15) is 0 Å². The second kappa shape index (κ2) is 7.55. The lowest BCUT2D eigenvalue weighted by molar-refractivity contribution is 0.00589. The zero-order chi connectivity index (χ0) is 14.4. The molecule has 0 aliphatic carbocycles. The summed E-state index contributed by atoms with van der Waals surface area (Å²) in [6.07, 6.45) is 3.27. The van der Waals surface area contributed by atoms with Crippen molar-refractivity contribution in [3.63, 3.8) is 0 Å². The molecule has 1 saturated heterocycles. The summed E-state index contributed by atoms with van der Waals surface area (Å²) in [7, 11) is 0. The van der Waals surface area contributed by atoms with E-state index in [9.17, 15) is 4.79 Å². The average molecular weight is 275 g/mol. The number of nitrogens with zero attached hydrogens (tertiary/aromatic N) is 1. The minimum Gasteiger partial charge on any atom is -0.377 e. The van der Waals surface area contributed by atoms with Gasteiger partial charge < -0.3 is 9.64 Å². The molecule has 0 bridgehead atoms. The fourth-order valence-corrected chi connectivity index (χ4v) is 2.73. The van der Waals surface area contributed by atoms with E-state index in [0.717, 1.165) is 38.2 Å². The SMILES string of the molecule is CCOC1CCCN(CCC(=O)c2ccc(C)cc2)C1. The number of ether oxygens (including phenoxy) is 1. The predicted molar refractivity (Wildman–Crippen MR) is 81.2 cm³/mol. The Morgan fingerprint density at radius 2 is 2.10 bits per heavy atom. The lowest BCUT2D eigenvalue weighted by atomic mass is 10.0. The summed E-state index contributed by atoms with van der Waals surface area (Å²) in [6, 6.07) is 7.85. The Morgan fingerprint density at radius 3 is 2.80 bits per heavy atom. The van der Waals surface area contributed by atoms with Crippen molar-refractivity contribution in [1.29, 1.82) is 0 Å². The van der Waals surface area contributed by atoms with Crippen LogP contribution in [0.1, 0.15) is 42.1 Å². The number of hydrogen-bond donors (Lipinski definition) is 0. The monoisotopic (exact) mass is 275 g/mol. The number of piperidine rings is 1. The van der Waals surface area contributed by atoms with Crippen LogP contribution in [-0.4, -0.2) is 43.0 Å². The number of hydrogen-bond acceptors (Lipinski definition) is 3. The normalized spacial score (nSPS) is 20.0. The highest BCUT2D eigenvalue weighted by molar-refractivity contribution is 5.96. The third-order valence-electron chi connectivity index (χ3n) is 3.89. The Hall–Kier alpha value is -1.19. The van der Waals surface area contributed by atoms with Gasteiger partial charge in [-0.25, -0.2) is 0 Å². The first kappa shape index (κ1) is 15.2. The fraction of sp³-hybridized carbons (Fsp3) is 0.588. The zero-order valence-electron chi connectivity index (χ0n) is 12.6. The van der Waals surface area contributed by atoms with Crippen LogP contribution in [0, 0.1) is 6.92 Å². The van der Waals surface area contributed by atoms with E-state index in [1.807, 2.05) is 38.1 Å². The average Bonchev–Trinajstić information content (AvgIpc) is 2.46. The first-order valence-corrected chi connectivity index (χ1v) is 7.63. The summed E-state index contributed by atoms with van der Waals surface area (Å²) in [5.74, 6) is 0.239. The molecule has 3 heteroatoms. The van der Waals surface area contributed by atoms with Crippen LogP contribution < -0.4 is 0 Å². The summed E-state index contributed by atoms with van der Waals surface area (Å²) in [5, 5.41) is 0. The Bertz CT molecular complexity index is 425. The van der Waals surface area contributed by atoms with E-state index in [1.165, 1.54) is 12.0 Å². The maximum atomic E-state index is 12.1. The third-order valence-corrected chi connectivity index (χ3v) is 3.89. The van der Waals surface area contributed by atoms with Crippen molar-refractivity contribution in [1.82, 2.24) is 4.90 Å². The molecule has 20 heavy (non-hydrogen) atoms. The maximum Gasteiger partial charge on any atom is 0.164 e. The minimum atomic E-state index is 0.239. The summed E-state index contributed by atoms with van der Waals surface area (Å²) < 4.78 is 5.69. The Morgan fingerprint density at radius 1 is 1.35 bits per heavy atom. The van der Waals surface area contributed by atoms with E-state index in [4.69, 9.17) is 4.74 Å². The van der Waals surface area contributed by atoms with Gasteiger partial charge in [-0.2, -0.15) is 0 Å². The van der Waals surface area contributed by atoms with Gasteiger partial charge in [0, 0.05) is 31.7 Å². The summed E-state index contributed by atoms with van der Waals surface area (Å²) in [4.78, 5) is 14.5. The van der Waals surface area contributed by atoms with Gasteiger partial charge in [0.05, 0.1) is 6.10 Å². The maximum absolute atomic E-state index is 12.1. The molecule has 0 aromatic heterocycles. The Kier molecular flexibility index (Phi) is 5.74. The van der Waals surface area contributed by atoms with Gasteiger partial charge in [0.2, 0.25) is 0 Å². The highest BCUT2D eigenvalue weighted by Gasteiger charge is 2.20. The van der Waals surface area contributed by atoms with Crippen molar-refractivity contribution in [2.75, 3.05) is 26.2 Å². The van der Waals surface area contributed by atoms with E-state index in [0.29, 0.717) is 12.5 Å². The highest BCUT2D eigenvalue weighted by Crippen LogP contribution is 2.14. The molecule has 1 aromatic carbocycles. The lowest BCUT2D eigenvalue weighted by Crippen LogP contribution is -2.40. The fourth-order valence-electron chi connectivity index (χ4n) is 2.73. The lowest BCUT2D eigenvalue weighted by Gasteiger charge is -2.32. The largest absolute Gasteiger partial charge is 0.377 e. The number of carbonyl (C=O) groups is 1. The van der Waals surface area contributed by atoms with Crippen LogP contribution in [0.4, 0.5) is 0 Å². The molecule has 1 aliphatic rings. The van der Waals surface area contributed by atoms with E-state index in [-0.39, 0.29) is 5.78 Å². The van der Waals surface area contributed by atoms with Gasteiger partial charge in [-0.3, -0.25) is 4.79 Å².